The number of alkyl halides is 1. The Kier molecular flexibility index (Phi) is 4.39. The number of halogens is 1. The SMILES string of the molecule is CN(C)C[C@H]1CCCC[C@H](Br)C1=O. The van der Waals surface area contributed by atoms with Gasteiger partial charge in [-0.15, -0.1) is 0 Å². The van der Waals surface area contributed by atoms with Gasteiger partial charge in [0.25, 0.3) is 0 Å². The minimum Gasteiger partial charge on any atom is -0.309 e. The van der Waals surface area contributed by atoms with Crippen LogP contribution in [0.15, 0.2) is 0 Å². The molecule has 2 nitrogen and oxygen atoms in total. The Morgan fingerprint density at radius 2 is 2.00 bits per heavy atom. The second kappa shape index (κ2) is 5.11. The molecule has 76 valence electrons. The summed E-state index contributed by atoms with van der Waals surface area (Å²) in [5, 5.41) is 0. The van der Waals surface area contributed by atoms with E-state index < -0.39 is 0 Å². The lowest BCUT2D eigenvalue weighted by Gasteiger charge is -2.19. The first kappa shape index (κ1) is 11.2. The van der Waals surface area contributed by atoms with E-state index in [2.05, 4.69) is 20.8 Å². The van der Waals surface area contributed by atoms with Gasteiger partial charge < -0.3 is 4.90 Å². The minimum absolute atomic E-state index is 0.111. The average Bonchev–Trinajstić information content (AvgIpc) is 2.19. The average molecular weight is 248 g/mol. The third-order valence-electron chi connectivity index (χ3n) is 2.56. The maximum absolute atomic E-state index is 11.8. The number of rotatable bonds is 2. The van der Waals surface area contributed by atoms with Crippen LogP contribution in [0, 0.1) is 5.92 Å². The molecule has 3 heteroatoms. The number of hydrogen-bond acceptors (Lipinski definition) is 2. The molecule has 2 atom stereocenters. The van der Waals surface area contributed by atoms with Crippen molar-refractivity contribution in [3.8, 4) is 0 Å². The second-order valence-corrected chi connectivity index (χ2v) is 5.22. The predicted molar refractivity (Wildman–Crippen MR) is 58.2 cm³/mol. The van der Waals surface area contributed by atoms with Gasteiger partial charge in [0.1, 0.15) is 0 Å². The number of nitrogens with zero attached hydrogens (tertiary/aromatic N) is 1. The summed E-state index contributed by atoms with van der Waals surface area (Å²) in [6.45, 7) is 0.904. The van der Waals surface area contributed by atoms with Crippen LogP contribution in [0.4, 0.5) is 0 Å². The van der Waals surface area contributed by atoms with E-state index in [4.69, 9.17) is 0 Å². The molecule has 0 spiro atoms. The zero-order chi connectivity index (χ0) is 9.84. The largest absolute Gasteiger partial charge is 0.309 e. The van der Waals surface area contributed by atoms with Gasteiger partial charge in [-0.05, 0) is 26.9 Å². The Morgan fingerprint density at radius 1 is 1.38 bits per heavy atom. The summed E-state index contributed by atoms with van der Waals surface area (Å²) in [5.74, 6) is 0.660. The fraction of sp³-hybridized carbons (Fsp3) is 0.900. The molecule has 0 saturated heterocycles. The highest BCUT2D eigenvalue weighted by Gasteiger charge is 2.27. The van der Waals surface area contributed by atoms with Crippen LogP contribution in [0.25, 0.3) is 0 Å². The van der Waals surface area contributed by atoms with Crippen molar-refractivity contribution in [2.45, 2.75) is 30.5 Å². The summed E-state index contributed by atoms with van der Waals surface area (Å²) in [5.41, 5.74) is 0. The molecule has 0 N–H and O–H groups in total. The molecule has 1 saturated carbocycles. The lowest BCUT2D eigenvalue weighted by atomic mass is 9.99. The molecule has 1 aliphatic rings. The van der Waals surface area contributed by atoms with Crippen molar-refractivity contribution in [1.82, 2.24) is 4.90 Å². The first-order valence-corrected chi connectivity index (χ1v) is 5.85. The second-order valence-electron chi connectivity index (χ2n) is 4.11. The molecule has 0 aliphatic heterocycles. The van der Waals surface area contributed by atoms with Gasteiger partial charge in [-0.3, -0.25) is 4.79 Å². The highest BCUT2D eigenvalue weighted by Crippen LogP contribution is 2.25. The first-order valence-electron chi connectivity index (χ1n) is 4.94. The molecule has 0 aromatic rings. The predicted octanol–water partition coefficient (Wildman–Crippen LogP) is 2.07. The molecule has 0 heterocycles. The van der Waals surface area contributed by atoms with Crippen LogP contribution >= 0.6 is 15.9 Å². The van der Waals surface area contributed by atoms with E-state index in [0.717, 1.165) is 19.4 Å². The minimum atomic E-state index is 0.111. The molecule has 0 amide bonds. The van der Waals surface area contributed by atoms with E-state index in [-0.39, 0.29) is 10.7 Å². The number of hydrogen-bond donors (Lipinski definition) is 0. The fourth-order valence-corrected chi connectivity index (χ4v) is 2.57. The Hall–Kier alpha value is 0.110. The molecule has 1 rings (SSSR count). The van der Waals surface area contributed by atoms with Gasteiger partial charge in [0.2, 0.25) is 0 Å². The van der Waals surface area contributed by atoms with Gasteiger partial charge in [-0.1, -0.05) is 28.8 Å². The number of Topliss-reactive ketones (excluding diaryl/α,β-unsaturated/α-hetero) is 1. The summed E-state index contributed by atoms with van der Waals surface area (Å²) in [4.78, 5) is 14.0. The zero-order valence-electron chi connectivity index (χ0n) is 8.42. The Balaban J connectivity index is 2.54. The van der Waals surface area contributed by atoms with Crippen LogP contribution in [0.1, 0.15) is 25.7 Å². The van der Waals surface area contributed by atoms with E-state index >= 15 is 0 Å². The number of ketones is 1. The quantitative estimate of drug-likeness (QED) is 0.550. The molecule has 0 radical (unpaired) electrons. The fourth-order valence-electron chi connectivity index (χ4n) is 1.88. The summed E-state index contributed by atoms with van der Waals surface area (Å²) in [6, 6.07) is 0. The molecular formula is C10H18BrNO. The standard InChI is InChI=1S/C10H18BrNO/c1-12(2)7-8-5-3-4-6-9(11)10(8)13/h8-9H,3-7H2,1-2H3/t8-,9+/m1/s1. The van der Waals surface area contributed by atoms with Crippen LogP contribution < -0.4 is 0 Å². The van der Waals surface area contributed by atoms with Gasteiger partial charge in [0, 0.05) is 12.5 Å². The number of carbonyl (C=O) groups excluding carboxylic acids is 1. The molecule has 0 bridgehead atoms. The normalized spacial score (nSPS) is 30.6. The summed E-state index contributed by atoms with van der Waals surface area (Å²) in [7, 11) is 4.06. The summed E-state index contributed by atoms with van der Waals surface area (Å²) in [6.07, 6.45) is 4.47. The lowest BCUT2D eigenvalue weighted by molar-refractivity contribution is -0.122. The Labute approximate surface area is 88.8 Å². The van der Waals surface area contributed by atoms with Crippen molar-refractivity contribution < 1.29 is 4.79 Å². The maximum Gasteiger partial charge on any atom is 0.150 e. The lowest BCUT2D eigenvalue weighted by Crippen LogP contribution is -2.31. The van der Waals surface area contributed by atoms with E-state index in [1.165, 1.54) is 12.8 Å². The molecular weight excluding hydrogens is 230 g/mol. The van der Waals surface area contributed by atoms with Gasteiger partial charge in [0.05, 0.1) is 4.83 Å². The molecule has 13 heavy (non-hydrogen) atoms. The highest BCUT2D eigenvalue weighted by molar-refractivity contribution is 9.10. The van der Waals surface area contributed by atoms with Crippen LogP contribution in [0.3, 0.4) is 0 Å². The summed E-state index contributed by atoms with van der Waals surface area (Å²) >= 11 is 3.47. The molecule has 0 aromatic carbocycles. The van der Waals surface area contributed by atoms with Gasteiger partial charge >= 0.3 is 0 Å². The number of carbonyl (C=O) groups is 1. The topological polar surface area (TPSA) is 20.3 Å². The van der Waals surface area contributed by atoms with Gasteiger partial charge in [-0.2, -0.15) is 0 Å². The van der Waals surface area contributed by atoms with Gasteiger partial charge in [0.15, 0.2) is 5.78 Å². The Morgan fingerprint density at radius 3 is 2.62 bits per heavy atom. The van der Waals surface area contributed by atoms with Crippen LogP contribution in [-0.4, -0.2) is 36.2 Å². The van der Waals surface area contributed by atoms with Crippen LogP contribution in [-0.2, 0) is 4.79 Å². The van der Waals surface area contributed by atoms with Crippen molar-refractivity contribution in [2.75, 3.05) is 20.6 Å². The maximum atomic E-state index is 11.8. The highest BCUT2D eigenvalue weighted by atomic mass is 79.9. The molecule has 1 aliphatic carbocycles. The third kappa shape index (κ3) is 3.39. The molecule has 0 aromatic heterocycles. The van der Waals surface area contributed by atoms with Crippen molar-refractivity contribution in [2.24, 2.45) is 5.92 Å². The van der Waals surface area contributed by atoms with Crippen molar-refractivity contribution in [3.63, 3.8) is 0 Å². The van der Waals surface area contributed by atoms with Crippen molar-refractivity contribution >= 4 is 21.7 Å². The summed E-state index contributed by atoms with van der Waals surface area (Å²) < 4.78 is 0. The van der Waals surface area contributed by atoms with Crippen LogP contribution in [0.2, 0.25) is 0 Å². The monoisotopic (exact) mass is 247 g/mol. The van der Waals surface area contributed by atoms with E-state index in [1.54, 1.807) is 0 Å². The van der Waals surface area contributed by atoms with E-state index in [0.29, 0.717) is 5.78 Å². The third-order valence-corrected chi connectivity index (χ3v) is 3.47. The Bertz CT molecular complexity index is 182. The smallest absolute Gasteiger partial charge is 0.150 e. The van der Waals surface area contributed by atoms with E-state index in [9.17, 15) is 4.79 Å². The first-order chi connectivity index (χ1) is 6.11. The van der Waals surface area contributed by atoms with Crippen LogP contribution in [0.5, 0.6) is 0 Å². The zero-order valence-corrected chi connectivity index (χ0v) is 10.0. The molecule has 0 unspecified atom stereocenters. The molecule has 1 fully saturated rings. The van der Waals surface area contributed by atoms with Crippen molar-refractivity contribution in [1.29, 1.82) is 0 Å². The van der Waals surface area contributed by atoms with E-state index in [1.807, 2.05) is 14.1 Å². The van der Waals surface area contributed by atoms with Gasteiger partial charge in [-0.25, -0.2) is 0 Å². The van der Waals surface area contributed by atoms with Crippen molar-refractivity contribution in [3.05, 3.63) is 0 Å².